The second-order valence-electron chi connectivity index (χ2n) is 7.34. The Morgan fingerprint density at radius 2 is 1.92 bits per heavy atom. The predicted molar refractivity (Wildman–Crippen MR) is 86.0 cm³/mol. The smallest absolute Gasteiger partial charge is 0.418 e. The molecule has 1 unspecified atom stereocenters. The summed E-state index contributed by atoms with van der Waals surface area (Å²) in [6, 6.07) is 4.63. The molecule has 5 nitrogen and oxygen atoms in total. The van der Waals surface area contributed by atoms with E-state index in [0.29, 0.717) is 12.8 Å². The number of rotatable bonds is 5. The van der Waals surface area contributed by atoms with Crippen molar-refractivity contribution in [1.82, 2.24) is 0 Å². The van der Waals surface area contributed by atoms with Crippen LogP contribution in [0.1, 0.15) is 32.3 Å². The highest BCUT2D eigenvalue weighted by Crippen LogP contribution is 2.68. The van der Waals surface area contributed by atoms with Crippen molar-refractivity contribution in [3.05, 3.63) is 29.8 Å². The quantitative estimate of drug-likeness (QED) is 0.781. The molecule has 0 spiro atoms. The van der Waals surface area contributed by atoms with Gasteiger partial charge in [-0.2, -0.15) is 13.2 Å². The summed E-state index contributed by atoms with van der Waals surface area (Å²) < 4.78 is 44.5. The molecule has 1 amide bonds. The lowest BCUT2D eigenvalue weighted by Gasteiger charge is -2.31. The van der Waals surface area contributed by atoms with Crippen molar-refractivity contribution in [2.24, 2.45) is 17.3 Å². The number of nitrogens with one attached hydrogen (secondary N) is 1. The van der Waals surface area contributed by atoms with Crippen LogP contribution in [0.4, 0.5) is 18.9 Å². The average molecular weight is 371 g/mol. The average Bonchev–Trinajstić information content (AvgIpc) is 3.18. The molecule has 2 saturated carbocycles. The number of aliphatic hydroxyl groups is 1. The molecule has 0 saturated heterocycles. The standard InChI is InChI=1S/C18H20F3NO4/c1-9(2)14(26-16(25)17-7-11(17)13(23)8-17)15(24)22-12-6-4-3-5-10(12)18(19,20)21/h3-6,9,11,13-14,23H,7-8H2,1-2H3,(H,22,24)/t11-,13-,14?,17-/m0/s1. The van der Waals surface area contributed by atoms with Crippen LogP contribution in [0.2, 0.25) is 0 Å². The van der Waals surface area contributed by atoms with Gasteiger partial charge in [0.25, 0.3) is 5.91 Å². The zero-order valence-electron chi connectivity index (χ0n) is 14.3. The first-order valence-corrected chi connectivity index (χ1v) is 8.42. The fourth-order valence-corrected chi connectivity index (χ4v) is 3.51. The Balaban J connectivity index is 1.72. The van der Waals surface area contributed by atoms with E-state index in [9.17, 15) is 27.9 Å². The van der Waals surface area contributed by atoms with Gasteiger partial charge < -0.3 is 15.2 Å². The fraction of sp³-hybridized carbons (Fsp3) is 0.556. The summed E-state index contributed by atoms with van der Waals surface area (Å²) in [5.41, 5.74) is -2.06. The number of benzene rings is 1. The van der Waals surface area contributed by atoms with Gasteiger partial charge in [-0.1, -0.05) is 26.0 Å². The summed E-state index contributed by atoms with van der Waals surface area (Å²) in [5.74, 6) is -1.92. The highest BCUT2D eigenvalue weighted by molar-refractivity contribution is 5.97. The van der Waals surface area contributed by atoms with Gasteiger partial charge in [0.2, 0.25) is 0 Å². The highest BCUT2D eigenvalue weighted by atomic mass is 19.4. The Morgan fingerprint density at radius 3 is 2.42 bits per heavy atom. The van der Waals surface area contributed by atoms with Crippen molar-refractivity contribution in [3.63, 3.8) is 0 Å². The zero-order chi connectivity index (χ0) is 19.3. The number of esters is 1. The number of hydrogen-bond acceptors (Lipinski definition) is 4. The molecule has 8 heteroatoms. The Bertz CT molecular complexity index is 733. The molecule has 2 aliphatic rings. The molecule has 1 aromatic rings. The number of amides is 1. The second kappa shape index (κ2) is 6.26. The number of aliphatic hydroxyl groups excluding tert-OH is 1. The third kappa shape index (κ3) is 3.18. The van der Waals surface area contributed by atoms with Crippen molar-refractivity contribution >= 4 is 17.6 Å². The van der Waals surface area contributed by atoms with E-state index in [4.69, 9.17) is 4.74 Å². The molecule has 0 aromatic heterocycles. The van der Waals surface area contributed by atoms with E-state index in [2.05, 4.69) is 5.32 Å². The number of para-hydroxylation sites is 1. The van der Waals surface area contributed by atoms with E-state index < -0.39 is 47.2 Å². The maximum Gasteiger partial charge on any atom is 0.418 e. The van der Waals surface area contributed by atoms with Crippen LogP contribution in [0, 0.1) is 17.3 Å². The van der Waals surface area contributed by atoms with E-state index in [0.717, 1.165) is 12.1 Å². The van der Waals surface area contributed by atoms with Crippen LogP contribution in [0.3, 0.4) is 0 Å². The highest BCUT2D eigenvalue weighted by Gasteiger charge is 2.72. The molecule has 0 heterocycles. The van der Waals surface area contributed by atoms with Gasteiger partial charge in [-0.05, 0) is 30.9 Å². The number of alkyl halides is 3. The minimum absolute atomic E-state index is 0.128. The van der Waals surface area contributed by atoms with Gasteiger partial charge in [0.1, 0.15) is 0 Å². The predicted octanol–water partition coefficient (Wildman–Crippen LogP) is 2.98. The lowest BCUT2D eigenvalue weighted by molar-refractivity contribution is -0.168. The molecule has 0 aliphatic heterocycles. The molecule has 26 heavy (non-hydrogen) atoms. The van der Waals surface area contributed by atoms with E-state index >= 15 is 0 Å². The molecular formula is C18H20F3NO4. The van der Waals surface area contributed by atoms with E-state index in [1.807, 2.05) is 0 Å². The van der Waals surface area contributed by atoms with E-state index in [1.165, 1.54) is 12.1 Å². The number of fused-ring (bicyclic) bond motifs is 1. The number of hydrogen-bond donors (Lipinski definition) is 2. The first-order chi connectivity index (χ1) is 12.1. The number of anilines is 1. The van der Waals surface area contributed by atoms with Crippen molar-refractivity contribution in [2.45, 2.75) is 45.1 Å². The minimum Gasteiger partial charge on any atom is -0.452 e. The summed E-state index contributed by atoms with van der Waals surface area (Å²) in [5, 5.41) is 11.8. The van der Waals surface area contributed by atoms with Crippen LogP contribution in [0.15, 0.2) is 24.3 Å². The van der Waals surface area contributed by atoms with Gasteiger partial charge in [0, 0.05) is 5.92 Å². The number of halogens is 3. The SMILES string of the molecule is CC(C)C(OC(=O)[C@@]12C[C@H](O)[C@@H]1C2)C(=O)Nc1ccccc1C(F)(F)F. The molecule has 3 rings (SSSR count). The summed E-state index contributed by atoms with van der Waals surface area (Å²) in [7, 11) is 0. The number of carbonyl (C=O) groups is 2. The molecule has 2 aliphatic carbocycles. The molecule has 0 bridgehead atoms. The molecule has 2 fully saturated rings. The van der Waals surface area contributed by atoms with Crippen LogP contribution in [0.5, 0.6) is 0 Å². The summed E-state index contributed by atoms with van der Waals surface area (Å²) >= 11 is 0. The van der Waals surface area contributed by atoms with Crippen LogP contribution in [-0.4, -0.2) is 29.2 Å². The monoisotopic (exact) mass is 371 g/mol. The third-order valence-electron chi connectivity index (χ3n) is 5.17. The third-order valence-corrected chi connectivity index (χ3v) is 5.17. The fourth-order valence-electron chi connectivity index (χ4n) is 3.51. The Hall–Kier alpha value is -2.09. The number of carbonyl (C=O) groups excluding carboxylic acids is 2. The maximum atomic E-state index is 13.1. The molecule has 2 N–H and O–H groups in total. The first-order valence-electron chi connectivity index (χ1n) is 8.42. The van der Waals surface area contributed by atoms with Gasteiger partial charge >= 0.3 is 12.1 Å². The zero-order valence-corrected chi connectivity index (χ0v) is 14.3. The second-order valence-corrected chi connectivity index (χ2v) is 7.34. The molecule has 1 aromatic carbocycles. The summed E-state index contributed by atoms with van der Waals surface area (Å²) in [6.45, 7) is 3.29. The Labute approximate surface area is 148 Å². The van der Waals surface area contributed by atoms with Gasteiger partial charge in [-0.3, -0.25) is 9.59 Å². The van der Waals surface area contributed by atoms with E-state index in [1.54, 1.807) is 13.8 Å². The van der Waals surface area contributed by atoms with E-state index in [-0.39, 0.29) is 11.6 Å². The van der Waals surface area contributed by atoms with Gasteiger partial charge in [0.15, 0.2) is 6.10 Å². The van der Waals surface area contributed by atoms with Gasteiger partial charge in [-0.25, -0.2) is 0 Å². The largest absolute Gasteiger partial charge is 0.452 e. The lowest BCUT2D eigenvalue weighted by Crippen LogP contribution is -2.43. The van der Waals surface area contributed by atoms with Crippen LogP contribution in [-0.2, 0) is 20.5 Å². The van der Waals surface area contributed by atoms with Crippen molar-refractivity contribution in [2.75, 3.05) is 5.32 Å². The maximum absolute atomic E-state index is 13.1. The normalized spacial score (nSPS) is 28.0. The number of ether oxygens (including phenoxy) is 1. The molecule has 142 valence electrons. The van der Waals surface area contributed by atoms with Crippen molar-refractivity contribution < 1.29 is 32.6 Å². The van der Waals surface area contributed by atoms with Crippen LogP contribution < -0.4 is 5.32 Å². The van der Waals surface area contributed by atoms with Crippen LogP contribution in [0.25, 0.3) is 0 Å². The van der Waals surface area contributed by atoms with Gasteiger partial charge in [-0.15, -0.1) is 0 Å². The first kappa shape index (κ1) is 18.7. The topological polar surface area (TPSA) is 75.6 Å². The summed E-state index contributed by atoms with van der Waals surface area (Å²) in [4.78, 5) is 24.8. The molecule has 0 radical (unpaired) electrons. The van der Waals surface area contributed by atoms with Gasteiger partial charge in [0.05, 0.1) is 22.8 Å². The Kier molecular flexibility index (Phi) is 4.50. The Morgan fingerprint density at radius 1 is 1.27 bits per heavy atom. The minimum atomic E-state index is -4.61. The van der Waals surface area contributed by atoms with Crippen molar-refractivity contribution in [1.29, 1.82) is 0 Å². The molecule has 4 atom stereocenters. The van der Waals surface area contributed by atoms with Crippen LogP contribution >= 0.6 is 0 Å². The van der Waals surface area contributed by atoms with Crippen molar-refractivity contribution in [3.8, 4) is 0 Å². The lowest BCUT2D eigenvalue weighted by atomic mass is 9.82. The molecular weight excluding hydrogens is 351 g/mol. The summed E-state index contributed by atoms with van der Waals surface area (Å²) in [6.07, 6.45) is -5.52.